The van der Waals surface area contributed by atoms with Crippen LogP contribution in [0.15, 0.2) is 18.2 Å². The molecule has 0 aliphatic carbocycles. The van der Waals surface area contributed by atoms with E-state index in [1.165, 1.54) is 7.11 Å². The molecule has 3 aliphatic heterocycles. The first-order valence-electron chi connectivity index (χ1n) is 9.10. The van der Waals surface area contributed by atoms with Crippen molar-refractivity contribution in [3.63, 3.8) is 0 Å². The summed E-state index contributed by atoms with van der Waals surface area (Å²) in [6.07, 6.45) is -3.36. The molecule has 0 aromatic heterocycles. The highest BCUT2D eigenvalue weighted by Gasteiger charge is 2.62. The van der Waals surface area contributed by atoms with Crippen molar-refractivity contribution in [2.24, 2.45) is 0 Å². The van der Waals surface area contributed by atoms with Crippen LogP contribution in [0.25, 0.3) is 0 Å². The predicted molar refractivity (Wildman–Crippen MR) is 99.2 cm³/mol. The van der Waals surface area contributed by atoms with E-state index in [1.807, 2.05) is 0 Å². The van der Waals surface area contributed by atoms with Gasteiger partial charge in [0.1, 0.15) is 24.1 Å². The SMILES string of the molecule is COc1ccc(Cl)cc1NC(=O)[C@@H]1O[C@H]2OC(C)(C)O[C@@H]2[C@@H]2OC(C)(C)O[C@H]21. The Balaban J connectivity index is 1.60. The minimum absolute atomic E-state index is 0.413. The number of nitrogens with one attached hydrogen (secondary N) is 1. The van der Waals surface area contributed by atoms with Gasteiger partial charge in [-0.1, -0.05) is 11.6 Å². The van der Waals surface area contributed by atoms with Crippen molar-refractivity contribution in [3.05, 3.63) is 23.2 Å². The molecule has 1 aromatic rings. The van der Waals surface area contributed by atoms with Crippen LogP contribution in [0.4, 0.5) is 5.69 Å². The van der Waals surface area contributed by atoms with Gasteiger partial charge in [0.05, 0.1) is 12.8 Å². The summed E-state index contributed by atoms with van der Waals surface area (Å²) in [5.41, 5.74) is 0.435. The third kappa shape index (κ3) is 3.60. The fraction of sp³-hybridized carbons (Fsp3) is 0.632. The summed E-state index contributed by atoms with van der Waals surface area (Å²) in [6, 6.07) is 4.96. The van der Waals surface area contributed by atoms with Crippen molar-refractivity contribution in [2.45, 2.75) is 70.0 Å². The summed E-state index contributed by atoms with van der Waals surface area (Å²) < 4.78 is 35.0. The second kappa shape index (κ2) is 6.83. The maximum Gasteiger partial charge on any atom is 0.256 e. The van der Waals surface area contributed by atoms with Crippen LogP contribution in [0.3, 0.4) is 0 Å². The van der Waals surface area contributed by atoms with E-state index in [4.69, 9.17) is 40.0 Å². The highest BCUT2D eigenvalue weighted by molar-refractivity contribution is 6.31. The molecular weight excluding hydrogens is 390 g/mol. The number of amides is 1. The lowest BCUT2D eigenvalue weighted by Gasteiger charge is -2.36. The molecule has 0 unspecified atom stereocenters. The van der Waals surface area contributed by atoms with Gasteiger partial charge in [-0.25, -0.2) is 0 Å². The minimum Gasteiger partial charge on any atom is -0.495 e. The fourth-order valence-electron chi connectivity index (χ4n) is 3.81. The zero-order valence-corrected chi connectivity index (χ0v) is 17.1. The predicted octanol–water partition coefficient (Wildman–Crippen LogP) is 2.68. The summed E-state index contributed by atoms with van der Waals surface area (Å²) >= 11 is 6.05. The van der Waals surface area contributed by atoms with Crippen molar-refractivity contribution in [1.29, 1.82) is 0 Å². The number of anilines is 1. The van der Waals surface area contributed by atoms with Crippen LogP contribution in [0.5, 0.6) is 5.75 Å². The minimum atomic E-state index is -0.964. The van der Waals surface area contributed by atoms with Gasteiger partial charge in [0.25, 0.3) is 5.91 Å². The van der Waals surface area contributed by atoms with Gasteiger partial charge >= 0.3 is 0 Å². The van der Waals surface area contributed by atoms with Crippen LogP contribution < -0.4 is 10.1 Å². The smallest absolute Gasteiger partial charge is 0.256 e. The van der Waals surface area contributed by atoms with Crippen LogP contribution in [0.2, 0.25) is 5.02 Å². The molecule has 3 fully saturated rings. The van der Waals surface area contributed by atoms with Crippen LogP contribution in [-0.2, 0) is 28.5 Å². The van der Waals surface area contributed by atoms with Crippen molar-refractivity contribution in [3.8, 4) is 5.75 Å². The number of ether oxygens (including phenoxy) is 6. The molecule has 0 saturated carbocycles. The van der Waals surface area contributed by atoms with Crippen LogP contribution in [-0.4, -0.2) is 55.3 Å². The molecule has 1 N–H and O–H groups in total. The summed E-state index contributed by atoms with van der Waals surface area (Å²) in [7, 11) is 1.51. The van der Waals surface area contributed by atoms with Gasteiger partial charge in [-0.05, 0) is 45.9 Å². The van der Waals surface area contributed by atoms with Gasteiger partial charge in [0.2, 0.25) is 0 Å². The molecular formula is C19H24ClNO7. The van der Waals surface area contributed by atoms with Gasteiger partial charge in [-0.2, -0.15) is 0 Å². The quantitative estimate of drug-likeness (QED) is 0.815. The van der Waals surface area contributed by atoms with E-state index in [2.05, 4.69) is 5.32 Å². The van der Waals surface area contributed by atoms with Gasteiger partial charge < -0.3 is 33.7 Å². The molecule has 28 heavy (non-hydrogen) atoms. The number of fused-ring (bicyclic) bond motifs is 3. The highest BCUT2D eigenvalue weighted by Crippen LogP contribution is 2.44. The van der Waals surface area contributed by atoms with Crippen molar-refractivity contribution < 1.29 is 33.2 Å². The standard InChI is InChI=1S/C19H24ClNO7/c1-18(2)25-12-13(26-18)15-17(28-19(3,4)27-15)24-14(12)16(22)21-10-8-9(20)6-7-11(10)23-5/h6-8,12-15,17H,1-5H3,(H,21,22)/t12-,13-,14-,15-,17+/m1/s1. The van der Waals surface area contributed by atoms with Gasteiger partial charge in [-0.3, -0.25) is 4.79 Å². The third-order valence-electron chi connectivity index (χ3n) is 4.83. The third-order valence-corrected chi connectivity index (χ3v) is 5.07. The second-order valence-electron chi connectivity index (χ2n) is 7.92. The van der Waals surface area contributed by atoms with Gasteiger partial charge in [0.15, 0.2) is 24.0 Å². The lowest BCUT2D eigenvalue weighted by Crippen LogP contribution is -2.58. The maximum absolute atomic E-state index is 13.1. The molecule has 1 amide bonds. The van der Waals surface area contributed by atoms with Gasteiger partial charge in [0, 0.05) is 5.02 Å². The molecule has 3 aliphatic rings. The van der Waals surface area contributed by atoms with Crippen LogP contribution in [0, 0.1) is 0 Å². The van der Waals surface area contributed by atoms with E-state index in [-0.39, 0.29) is 0 Å². The summed E-state index contributed by atoms with van der Waals surface area (Å²) in [5, 5.41) is 3.27. The molecule has 0 bridgehead atoms. The zero-order chi connectivity index (χ0) is 20.3. The number of carbonyl (C=O) groups is 1. The molecule has 3 saturated heterocycles. The Bertz CT molecular complexity index is 784. The lowest BCUT2D eigenvalue weighted by atomic mass is 9.98. The van der Waals surface area contributed by atoms with Crippen molar-refractivity contribution >= 4 is 23.2 Å². The zero-order valence-electron chi connectivity index (χ0n) is 16.4. The largest absolute Gasteiger partial charge is 0.495 e. The highest BCUT2D eigenvalue weighted by atomic mass is 35.5. The Hall–Kier alpha value is -1.42. The average Bonchev–Trinajstić information content (AvgIpc) is 3.08. The van der Waals surface area contributed by atoms with Crippen molar-refractivity contribution in [2.75, 3.05) is 12.4 Å². The molecule has 9 heteroatoms. The van der Waals surface area contributed by atoms with E-state index in [0.717, 1.165) is 0 Å². The van der Waals surface area contributed by atoms with E-state index >= 15 is 0 Å². The van der Waals surface area contributed by atoms with Crippen LogP contribution in [0.1, 0.15) is 27.7 Å². The first-order valence-corrected chi connectivity index (χ1v) is 9.47. The molecule has 0 radical (unpaired) electrons. The monoisotopic (exact) mass is 413 g/mol. The first kappa shape index (κ1) is 19.9. The van der Waals surface area contributed by atoms with E-state index in [9.17, 15) is 4.79 Å². The van der Waals surface area contributed by atoms with E-state index < -0.39 is 48.2 Å². The summed E-state index contributed by atoms with van der Waals surface area (Å²) in [6.45, 7) is 7.15. The molecule has 4 rings (SSSR count). The second-order valence-corrected chi connectivity index (χ2v) is 8.36. The number of hydrogen-bond acceptors (Lipinski definition) is 7. The number of benzene rings is 1. The summed E-state index contributed by atoms with van der Waals surface area (Å²) in [4.78, 5) is 13.1. The molecule has 3 heterocycles. The number of carbonyl (C=O) groups excluding carboxylic acids is 1. The molecule has 8 nitrogen and oxygen atoms in total. The number of rotatable bonds is 3. The van der Waals surface area contributed by atoms with Crippen molar-refractivity contribution in [1.82, 2.24) is 0 Å². The molecule has 5 atom stereocenters. The number of halogens is 1. The maximum atomic E-state index is 13.1. The molecule has 1 aromatic carbocycles. The van der Waals surface area contributed by atoms with E-state index in [1.54, 1.807) is 45.9 Å². The number of methoxy groups -OCH3 is 1. The Labute approximate surface area is 168 Å². The Morgan fingerprint density at radius 1 is 1.04 bits per heavy atom. The van der Waals surface area contributed by atoms with Gasteiger partial charge in [-0.15, -0.1) is 0 Å². The molecule has 154 valence electrons. The number of hydrogen-bond donors (Lipinski definition) is 1. The lowest BCUT2D eigenvalue weighted by molar-refractivity contribution is -0.229. The summed E-state index contributed by atoms with van der Waals surface area (Å²) in [5.74, 6) is -1.66. The average molecular weight is 414 g/mol. The topological polar surface area (TPSA) is 84.5 Å². The first-order chi connectivity index (χ1) is 13.1. The Kier molecular flexibility index (Phi) is 4.85. The normalized spacial score (nSPS) is 35.1. The van der Waals surface area contributed by atoms with E-state index in [0.29, 0.717) is 16.5 Å². The Morgan fingerprint density at radius 3 is 2.39 bits per heavy atom. The van der Waals surface area contributed by atoms with Crippen LogP contribution >= 0.6 is 11.6 Å². The molecule has 0 spiro atoms. The Morgan fingerprint density at radius 2 is 1.68 bits per heavy atom. The fourth-order valence-corrected chi connectivity index (χ4v) is 3.98.